The molecule has 0 aliphatic carbocycles. The molecule has 0 heterocycles. The van der Waals surface area contributed by atoms with Crippen LogP contribution in [-0.4, -0.2) is 26.3 Å². The molecule has 0 unspecified atom stereocenters. The van der Waals surface area contributed by atoms with Gasteiger partial charge in [0.2, 0.25) is 0 Å². The molecule has 0 aliphatic rings. The summed E-state index contributed by atoms with van der Waals surface area (Å²) in [4.78, 5) is 0. The lowest BCUT2D eigenvalue weighted by Crippen LogP contribution is -2.20. The molecule has 0 amide bonds. The van der Waals surface area contributed by atoms with Crippen LogP contribution in [0, 0.1) is 0 Å². The highest BCUT2D eigenvalue weighted by Crippen LogP contribution is 2.09. The summed E-state index contributed by atoms with van der Waals surface area (Å²) in [7, 11) is 0. The Balaban J connectivity index is 2.86. The molecule has 110 valence electrons. The third-order valence-electron chi connectivity index (χ3n) is 3.24. The summed E-state index contributed by atoms with van der Waals surface area (Å²) >= 11 is 0. The minimum Gasteiger partial charge on any atom is -0.380 e. The summed E-state index contributed by atoms with van der Waals surface area (Å²) in [6.07, 6.45) is 13.7. The molecule has 0 atom stereocenters. The van der Waals surface area contributed by atoms with E-state index in [1.807, 2.05) is 0 Å². The third kappa shape index (κ3) is 15.9. The Kier molecular flexibility index (Phi) is 16.8. The lowest BCUT2D eigenvalue weighted by atomic mass is 10.1. The Morgan fingerprint density at radius 2 is 1.22 bits per heavy atom. The lowest BCUT2D eigenvalue weighted by molar-refractivity contribution is 0.131. The summed E-state index contributed by atoms with van der Waals surface area (Å²) in [5, 5.41) is 3.35. The van der Waals surface area contributed by atoms with Gasteiger partial charge in [-0.3, -0.25) is 0 Å². The van der Waals surface area contributed by atoms with Crippen molar-refractivity contribution in [2.45, 2.75) is 78.1 Å². The quantitative estimate of drug-likeness (QED) is 0.435. The Bertz CT molecular complexity index is 123. The van der Waals surface area contributed by atoms with E-state index in [9.17, 15) is 0 Å². The van der Waals surface area contributed by atoms with E-state index in [2.05, 4.69) is 19.2 Å². The number of hydrogen-bond acceptors (Lipinski definition) is 2. The Hall–Kier alpha value is -0.0800. The van der Waals surface area contributed by atoms with Crippen molar-refractivity contribution in [3.05, 3.63) is 0 Å². The summed E-state index contributed by atoms with van der Waals surface area (Å²) in [6.45, 7) is 8.40. The van der Waals surface area contributed by atoms with Crippen molar-refractivity contribution >= 4 is 0 Å². The molecule has 2 heteroatoms. The summed E-state index contributed by atoms with van der Waals surface area (Å²) in [5.41, 5.74) is 0. The predicted octanol–water partition coefficient (Wildman–Crippen LogP) is 4.53. The van der Waals surface area contributed by atoms with Gasteiger partial charge in [-0.2, -0.15) is 0 Å². The number of unbranched alkanes of at least 4 members (excludes halogenated alkanes) is 8. The van der Waals surface area contributed by atoms with Gasteiger partial charge in [0.15, 0.2) is 0 Å². The highest BCUT2D eigenvalue weighted by molar-refractivity contribution is 4.47. The highest BCUT2D eigenvalue weighted by Gasteiger charge is 1.93. The van der Waals surface area contributed by atoms with Crippen LogP contribution in [0.3, 0.4) is 0 Å². The molecule has 0 aliphatic heterocycles. The number of nitrogens with one attached hydrogen (secondary N) is 1. The van der Waals surface area contributed by atoms with E-state index in [0.717, 1.165) is 26.3 Å². The zero-order valence-corrected chi connectivity index (χ0v) is 12.8. The minimum atomic E-state index is 0.872. The highest BCUT2D eigenvalue weighted by atomic mass is 16.5. The molecule has 0 aromatic rings. The third-order valence-corrected chi connectivity index (χ3v) is 3.24. The van der Waals surface area contributed by atoms with E-state index in [0.29, 0.717) is 0 Å². The maximum Gasteiger partial charge on any atom is 0.0590 e. The van der Waals surface area contributed by atoms with Crippen molar-refractivity contribution in [2.75, 3.05) is 26.3 Å². The minimum absolute atomic E-state index is 0.872. The van der Waals surface area contributed by atoms with Crippen LogP contribution in [0.1, 0.15) is 78.1 Å². The van der Waals surface area contributed by atoms with Gasteiger partial charge in [0, 0.05) is 13.2 Å². The Labute approximate surface area is 115 Å². The van der Waals surface area contributed by atoms with Crippen molar-refractivity contribution in [1.29, 1.82) is 0 Å². The first-order valence-corrected chi connectivity index (χ1v) is 8.20. The monoisotopic (exact) mass is 257 g/mol. The SMILES string of the molecule is CCCCCCCCCCCOCCNCCC. The van der Waals surface area contributed by atoms with Crippen molar-refractivity contribution in [3.8, 4) is 0 Å². The molecule has 0 saturated carbocycles. The van der Waals surface area contributed by atoms with E-state index in [1.165, 1.54) is 64.2 Å². The van der Waals surface area contributed by atoms with Crippen LogP contribution in [0.4, 0.5) is 0 Å². The van der Waals surface area contributed by atoms with Gasteiger partial charge in [-0.25, -0.2) is 0 Å². The maximum atomic E-state index is 5.58. The summed E-state index contributed by atoms with van der Waals surface area (Å²) in [5.74, 6) is 0. The van der Waals surface area contributed by atoms with Crippen molar-refractivity contribution in [3.63, 3.8) is 0 Å². The van der Waals surface area contributed by atoms with E-state index in [4.69, 9.17) is 4.74 Å². The second-order valence-electron chi connectivity index (χ2n) is 5.19. The fourth-order valence-corrected chi connectivity index (χ4v) is 2.06. The molecule has 0 aromatic carbocycles. The first-order chi connectivity index (χ1) is 8.91. The van der Waals surface area contributed by atoms with Crippen LogP contribution in [0.2, 0.25) is 0 Å². The molecule has 0 aromatic heterocycles. The molecule has 0 saturated heterocycles. The van der Waals surface area contributed by atoms with Crippen LogP contribution >= 0.6 is 0 Å². The van der Waals surface area contributed by atoms with Gasteiger partial charge in [0.25, 0.3) is 0 Å². The van der Waals surface area contributed by atoms with Gasteiger partial charge in [0.05, 0.1) is 6.61 Å². The van der Waals surface area contributed by atoms with Crippen LogP contribution in [0.25, 0.3) is 0 Å². The number of ether oxygens (including phenoxy) is 1. The first-order valence-electron chi connectivity index (χ1n) is 8.20. The van der Waals surface area contributed by atoms with Crippen LogP contribution < -0.4 is 5.32 Å². The zero-order chi connectivity index (χ0) is 13.3. The van der Waals surface area contributed by atoms with Gasteiger partial charge >= 0.3 is 0 Å². The molecule has 0 radical (unpaired) electrons. The molecule has 0 rings (SSSR count). The smallest absolute Gasteiger partial charge is 0.0590 e. The second-order valence-corrected chi connectivity index (χ2v) is 5.19. The standard InChI is InChI=1S/C16H35NO/c1-3-5-6-7-8-9-10-11-12-15-18-16-14-17-13-4-2/h17H,3-16H2,1-2H3. The van der Waals surface area contributed by atoms with Gasteiger partial charge in [-0.1, -0.05) is 65.2 Å². The van der Waals surface area contributed by atoms with Crippen molar-refractivity contribution in [1.82, 2.24) is 5.32 Å². The average Bonchev–Trinajstić information content (AvgIpc) is 2.39. The van der Waals surface area contributed by atoms with Gasteiger partial charge < -0.3 is 10.1 Å². The molecule has 2 nitrogen and oxygen atoms in total. The van der Waals surface area contributed by atoms with E-state index in [1.54, 1.807) is 0 Å². The van der Waals surface area contributed by atoms with Gasteiger partial charge in [-0.15, -0.1) is 0 Å². The zero-order valence-electron chi connectivity index (χ0n) is 12.8. The predicted molar refractivity (Wildman–Crippen MR) is 81.2 cm³/mol. The molecular weight excluding hydrogens is 222 g/mol. The molecular formula is C16H35NO. The topological polar surface area (TPSA) is 21.3 Å². The van der Waals surface area contributed by atoms with Gasteiger partial charge in [-0.05, 0) is 19.4 Å². The van der Waals surface area contributed by atoms with Crippen molar-refractivity contribution < 1.29 is 4.74 Å². The van der Waals surface area contributed by atoms with E-state index in [-0.39, 0.29) is 0 Å². The molecule has 18 heavy (non-hydrogen) atoms. The van der Waals surface area contributed by atoms with Crippen molar-refractivity contribution in [2.24, 2.45) is 0 Å². The van der Waals surface area contributed by atoms with Crippen LogP contribution in [0.15, 0.2) is 0 Å². The van der Waals surface area contributed by atoms with Crippen LogP contribution in [0.5, 0.6) is 0 Å². The number of hydrogen-bond donors (Lipinski definition) is 1. The van der Waals surface area contributed by atoms with E-state index < -0.39 is 0 Å². The summed E-state index contributed by atoms with van der Waals surface area (Å²) in [6, 6.07) is 0. The van der Waals surface area contributed by atoms with Gasteiger partial charge in [0.1, 0.15) is 0 Å². The lowest BCUT2D eigenvalue weighted by Gasteiger charge is -2.05. The molecule has 1 N–H and O–H groups in total. The summed E-state index contributed by atoms with van der Waals surface area (Å²) < 4.78 is 5.58. The Morgan fingerprint density at radius 3 is 1.83 bits per heavy atom. The Morgan fingerprint density at radius 1 is 0.611 bits per heavy atom. The largest absolute Gasteiger partial charge is 0.380 e. The normalized spacial score (nSPS) is 11.0. The molecule has 0 bridgehead atoms. The van der Waals surface area contributed by atoms with E-state index >= 15 is 0 Å². The van der Waals surface area contributed by atoms with Crippen LogP contribution in [-0.2, 0) is 4.74 Å². The molecule has 0 fully saturated rings. The fraction of sp³-hybridized carbons (Fsp3) is 1.00. The second kappa shape index (κ2) is 16.9. The molecule has 0 spiro atoms. The fourth-order valence-electron chi connectivity index (χ4n) is 2.06. The number of rotatable bonds is 15. The average molecular weight is 257 g/mol. The first kappa shape index (κ1) is 17.9. The maximum absolute atomic E-state index is 5.58.